The topological polar surface area (TPSA) is 0 Å². The average Bonchev–Trinajstić information content (AvgIpc) is 3.14. The molecule has 0 aromatic heterocycles. The summed E-state index contributed by atoms with van der Waals surface area (Å²) >= 11 is 0. The predicted molar refractivity (Wildman–Crippen MR) is 219 cm³/mol. The van der Waals surface area contributed by atoms with Crippen molar-refractivity contribution in [3.8, 4) is 0 Å². The van der Waals surface area contributed by atoms with Crippen LogP contribution in [0.3, 0.4) is 0 Å². The van der Waals surface area contributed by atoms with Crippen LogP contribution in [0, 0.1) is 0 Å². The second kappa shape index (κ2) is 21.1. The molecule has 0 saturated carbocycles. The van der Waals surface area contributed by atoms with E-state index < -0.39 is 8.80 Å². The van der Waals surface area contributed by atoms with Crippen molar-refractivity contribution in [1.29, 1.82) is 0 Å². The summed E-state index contributed by atoms with van der Waals surface area (Å²) < 4.78 is 0. The van der Waals surface area contributed by atoms with Gasteiger partial charge in [-0.2, -0.15) is 0 Å². The van der Waals surface area contributed by atoms with Crippen molar-refractivity contribution in [2.75, 3.05) is 18.5 Å². The Morgan fingerprint density at radius 2 is 0.458 bits per heavy atom. The van der Waals surface area contributed by atoms with Crippen LogP contribution in [0.25, 0.3) is 0 Å². The molecule has 6 aromatic rings. The Morgan fingerprint density at radius 1 is 0.292 bits per heavy atom. The molecule has 6 heteroatoms. The van der Waals surface area contributed by atoms with Crippen molar-refractivity contribution < 1.29 is 20.1 Å². The maximum atomic E-state index is 2.36. The van der Waals surface area contributed by atoms with E-state index in [4.69, 9.17) is 0 Å². The zero-order chi connectivity index (χ0) is 31.2. The molecule has 0 spiro atoms. The molecule has 2 radical (unpaired) electrons. The van der Waals surface area contributed by atoms with E-state index in [-0.39, 0.29) is 56.3 Å². The Bertz CT molecular complexity index is 1370. The summed E-state index contributed by atoms with van der Waals surface area (Å²) in [6, 6.07) is 72.0. The third-order valence-corrected chi connectivity index (χ3v) is 20.1. The molecule has 0 heterocycles. The average molecular weight is 896 g/mol. The second-order valence-corrected chi connectivity index (χ2v) is 21.5. The van der Waals surface area contributed by atoms with Crippen LogP contribution in [0.5, 0.6) is 0 Å². The molecule has 6 aromatic carbocycles. The van der Waals surface area contributed by atoms with Gasteiger partial charge in [0.2, 0.25) is 0 Å². The summed E-state index contributed by atoms with van der Waals surface area (Å²) in [5.74, 6) is 0. The minimum atomic E-state index is -0.623. The quantitative estimate of drug-likeness (QED) is 0.0713. The molecule has 0 amide bonds. The fraction of sp³-hybridized carbons (Fsp3) is 0.143. The number of halogens is 1. The van der Waals surface area contributed by atoms with Gasteiger partial charge < -0.3 is 0 Å². The monoisotopic (exact) mass is 896 g/mol. The molecule has 48 heavy (non-hydrogen) atoms. The van der Waals surface area contributed by atoms with E-state index in [2.05, 4.69) is 182 Å². The number of hydrogen-bond donors (Lipinski definition) is 0. The number of hydrogen-bond acceptors (Lipinski definition) is 0. The van der Waals surface area contributed by atoms with Gasteiger partial charge in [-0.1, -0.05) is 200 Å². The van der Waals surface area contributed by atoms with E-state index in [1.54, 1.807) is 0 Å². The van der Waals surface area contributed by atoms with Gasteiger partial charge in [0.05, 0.1) is 0 Å². The van der Waals surface area contributed by atoms with E-state index in [1.165, 1.54) is 68.4 Å². The zero-order valence-electron chi connectivity index (χ0n) is 27.1. The van der Waals surface area contributed by atoms with Gasteiger partial charge in [-0.25, -0.2) is 0 Å². The maximum Gasteiger partial charge on any atom is 0.0490 e. The Balaban J connectivity index is 0.00000260. The van der Waals surface area contributed by atoms with Crippen LogP contribution in [-0.4, -0.2) is 27.3 Å². The van der Waals surface area contributed by atoms with Crippen LogP contribution < -0.4 is 31.8 Å². The van der Waals surface area contributed by atoms with Crippen LogP contribution in [0.15, 0.2) is 182 Å². The van der Waals surface area contributed by atoms with Gasteiger partial charge in [-0.15, -0.1) is 12.4 Å². The molecule has 0 unspecified atom stereocenters. The summed E-state index contributed by atoms with van der Waals surface area (Å²) in [6.45, 7) is 0. The van der Waals surface area contributed by atoms with Crippen molar-refractivity contribution in [2.24, 2.45) is 0 Å². The second-order valence-electron chi connectivity index (χ2n) is 11.5. The molecule has 246 valence electrons. The summed E-state index contributed by atoms with van der Waals surface area (Å²) in [7, 11) is -1.75. The largest absolute Gasteiger partial charge is 0.147 e. The first-order valence-electron chi connectivity index (χ1n) is 16.3. The molecule has 0 atom stereocenters. The van der Waals surface area contributed by atoms with Crippen molar-refractivity contribution in [3.05, 3.63) is 182 Å². The molecule has 0 aliphatic carbocycles. The molecule has 0 fully saturated rings. The summed E-state index contributed by atoms with van der Waals surface area (Å²) in [6.07, 6.45) is 3.84. The minimum absolute atomic E-state index is 0. The van der Waals surface area contributed by atoms with Crippen LogP contribution >= 0.6 is 36.2 Å². The van der Waals surface area contributed by atoms with Gasteiger partial charge in [-0.3, -0.25) is 0 Å². The van der Waals surface area contributed by atoms with E-state index in [9.17, 15) is 0 Å². The van der Waals surface area contributed by atoms with E-state index in [0.29, 0.717) is 0 Å². The molecular weight excluding hydrogens is 853 g/mol. The molecule has 0 bridgehead atoms. The molecule has 0 saturated heterocycles. The van der Waals surface area contributed by atoms with Crippen LogP contribution in [-0.2, 0) is 20.1 Å². The molecule has 6 rings (SSSR count). The molecule has 0 N–H and O–H groups in total. The van der Waals surface area contributed by atoms with Crippen molar-refractivity contribution in [3.63, 3.8) is 0 Å². The van der Waals surface area contributed by atoms with Crippen LogP contribution in [0.4, 0.5) is 0 Å². The van der Waals surface area contributed by atoms with Gasteiger partial charge in [0.25, 0.3) is 0 Å². The van der Waals surface area contributed by atoms with Crippen molar-refractivity contribution in [2.45, 2.75) is 18.1 Å². The molecule has 0 nitrogen and oxygen atoms in total. The summed E-state index contributed by atoms with van der Waals surface area (Å²) in [4.78, 5) is 0. The number of rotatable bonds is 15. The van der Waals surface area contributed by atoms with Crippen LogP contribution in [0.2, 0.25) is 18.1 Å². The Labute approximate surface area is 313 Å². The standard InChI is InChI=1S/C42H42P3Si.ClH.Ir/c1-7-19-37(20-8-1)43(38-21-9-2-10-22-38)31-34-46(35-32-44(39-23-11-3-12-24-39)40-25-13-4-14-26-40)36-33-45(41-27-15-5-16-28-41)42-29-17-6-18-30-42;;/h1-30H,31-36H2;1H;. The third-order valence-electron chi connectivity index (χ3n) is 8.47. The van der Waals surface area contributed by atoms with E-state index in [1.807, 2.05) is 0 Å². The fourth-order valence-electron chi connectivity index (χ4n) is 6.05. The minimum Gasteiger partial charge on any atom is -0.147 e. The smallest absolute Gasteiger partial charge is 0.0490 e. The Morgan fingerprint density at radius 3 is 0.625 bits per heavy atom. The van der Waals surface area contributed by atoms with E-state index in [0.717, 1.165) is 0 Å². The van der Waals surface area contributed by atoms with Gasteiger partial charge in [0.15, 0.2) is 0 Å². The molecule has 0 aliphatic rings. The zero-order valence-corrected chi connectivity index (χ0v) is 34.0. The predicted octanol–water partition coefficient (Wildman–Crippen LogP) is 9.30. The van der Waals surface area contributed by atoms with E-state index >= 15 is 0 Å². The molecular formula is C42H43ClIrP3Si. The first-order valence-corrected chi connectivity index (χ1v) is 23.0. The summed E-state index contributed by atoms with van der Waals surface area (Å²) in [5, 5.41) is 9.06. The maximum absolute atomic E-state index is 2.36. The Kier molecular flexibility index (Phi) is 16.9. The third kappa shape index (κ3) is 11.1. The first kappa shape index (κ1) is 38.6. The van der Waals surface area contributed by atoms with Crippen molar-refractivity contribution >= 4 is 76.8 Å². The molecule has 0 aliphatic heterocycles. The Hall–Kier alpha value is -2.23. The normalized spacial score (nSPS) is 11.0. The first-order chi connectivity index (χ1) is 22.8. The van der Waals surface area contributed by atoms with Crippen LogP contribution in [0.1, 0.15) is 0 Å². The number of benzene rings is 6. The van der Waals surface area contributed by atoms with Crippen molar-refractivity contribution in [1.82, 2.24) is 0 Å². The van der Waals surface area contributed by atoms with Gasteiger partial charge in [0, 0.05) is 28.9 Å². The SMILES string of the molecule is Cl.[Ir].c1ccc(P(CC[Si](CCP(c2ccccc2)c2ccccc2)CCP(c2ccccc2)c2ccccc2)c2ccccc2)cc1. The fourth-order valence-corrected chi connectivity index (χ4v) is 18.9. The van der Waals surface area contributed by atoms with Gasteiger partial charge >= 0.3 is 0 Å². The van der Waals surface area contributed by atoms with Gasteiger partial charge in [-0.05, 0) is 74.1 Å². The summed E-state index contributed by atoms with van der Waals surface area (Å²) in [5.41, 5.74) is 0. The van der Waals surface area contributed by atoms with Gasteiger partial charge in [0.1, 0.15) is 0 Å².